The van der Waals surface area contributed by atoms with Gasteiger partial charge in [0.15, 0.2) is 0 Å². The first kappa shape index (κ1) is 12.0. The molecule has 0 aromatic rings. The Morgan fingerprint density at radius 2 is 2.27 bits per heavy atom. The minimum atomic E-state index is -0.262. The molecule has 6 heteroatoms. The number of hydrogen-bond donors (Lipinski definition) is 1. The second-order valence-electron chi connectivity index (χ2n) is 3.24. The van der Waals surface area contributed by atoms with Crippen molar-refractivity contribution in [1.29, 1.82) is 0 Å². The molecule has 1 fully saturated rings. The van der Waals surface area contributed by atoms with E-state index in [4.69, 9.17) is 0 Å². The van der Waals surface area contributed by atoms with Crippen LogP contribution in [0.3, 0.4) is 0 Å². The van der Waals surface area contributed by atoms with E-state index in [2.05, 4.69) is 5.32 Å². The number of rotatable bonds is 4. The highest BCUT2D eigenvalue weighted by Crippen LogP contribution is 2.22. The molecular weight excluding hydrogens is 216 g/mol. The van der Waals surface area contributed by atoms with Crippen molar-refractivity contribution in [1.82, 2.24) is 10.2 Å². The van der Waals surface area contributed by atoms with Crippen molar-refractivity contribution in [3.8, 4) is 0 Å². The van der Waals surface area contributed by atoms with Crippen molar-refractivity contribution in [2.24, 2.45) is 0 Å². The summed E-state index contributed by atoms with van der Waals surface area (Å²) in [5.41, 5.74) is 0. The van der Waals surface area contributed by atoms with E-state index in [1.165, 1.54) is 23.7 Å². The van der Waals surface area contributed by atoms with E-state index < -0.39 is 0 Å². The van der Waals surface area contributed by atoms with Gasteiger partial charge in [-0.05, 0) is 6.26 Å². The van der Waals surface area contributed by atoms with Gasteiger partial charge in [-0.3, -0.25) is 19.3 Å². The first-order valence-corrected chi connectivity index (χ1v) is 5.96. The predicted molar refractivity (Wildman–Crippen MR) is 57.3 cm³/mol. The maximum absolute atomic E-state index is 11.6. The Hall–Kier alpha value is -1.04. The molecule has 0 aliphatic carbocycles. The first-order valence-electron chi connectivity index (χ1n) is 4.67. The van der Waals surface area contributed by atoms with E-state index in [0.29, 0.717) is 0 Å². The van der Waals surface area contributed by atoms with Crippen molar-refractivity contribution in [2.45, 2.75) is 18.1 Å². The van der Waals surface area contributed by atoms with Crippen LogP contribution >= 0.6 is 11.8 Å². The molecule has 3 amide bonds. The average molecular weight is 230 g/mol. The van der Waals surface area contributed by atoms with Gasteiger partial charge in [0.25, 0.3) is 0 Å². The van der Waals surface area contributed by atoms with Crippen LogP contribution in [0.4, 0.5) is 0 Å². The molecule has 0 bridgehead atoms. The lowest BCUT2D eigenvalue weighted by Gasteiger charge is -2.13. The number of carbonyl (C=O) groups excluding carboxylic acids is 3. The fourth-order valence-corrected chi connectivity index (χ4v) is 2.05. The summed E-state index contributed by atoms with van der Waals surface area (Å²) in [5.74, 6) is -0.511. The van der Waals surface area contributed by atoms with Crippen LogP contribution in [0, 0.1) is 0 Å². The molecular formula is C9H14N2O3S. The minimum absolute atomic E-state index is 0.164. The zero-order valence-electron chi connectivity index (χ0n) is 8.78. The summed E-state index contributed by atoms with van der Waals surface area (Å²) in [6, 6.07) is 0. The van der Waals surface area contributed by atoms with E-state index in [0.717, 1.165) is 0 Å². The normalized spacial score (nSPS) is 20.9. The highest BCUT2D eigenvalue weighted by molar-refractivity contribution is 8.00. The summed E-state index contributed by atoms with van der Waals surface area (Å²) in [6.07, 6.45) is 2.24. The minimum Gasteiger partial charge on any atom is -0.359 e. The fraction of sp³-hybridized carbons (Fsp3) is 0.667. The third-order valence-corrected chi connectivity index (χ3v) is 3.27. The molecule has 1 aliphatic heterocycles. The molecule has 0 saturated carbocycles. The van der Waals surface area contributed by atoms with Crippen LogP contribution in [-0.4, -0.2) is 47.7 Å². The SMILES string of the molecule is CNC(=O)CCN1C(=O)CC(SC)C1=O. The second kappa shape index (κ2) is 5.16. The van der Waals surface area contributed by atoms with Crippen molar-refractivity contribution >= 4 is 29.5 Å². The van der Waals surface area contributed by atoms with Gasteiger partial charge in [-0.2, -0.15) is 11.8 Å². The van der Waals surface area contributed by atoms with Crippen LogP contribution in [0.5, 0.6) is 0 Å². The highest BCUT2D eigenvalue weighted by atomic mass is 32.2. The summed E-state index contributed by atoms with van der Waals surface area (Å²) in [5, 5.41) is 2.19. The van der Waals surface area contributed by atoms with Gasteiger partial charge < -0.3 is 5.32 Å². The Balaban J connectivity index is 2.51. The molecule has 0 spiro atoms. The molecule has 0 aromatic heterocycles. The molecule has 15 heavy (non-hydrogen) atoms. The third kappa shape index (κ3) is 2.71. The maximum Gasteiger partial charge on any atom is 0.242 e. The summed E-state index contributed by atoms with van der Waals surface area (Å²) < 4.78 is 0. The van der Waals surface area contributed by atoms with E-state index >= 15 is 0 Å². The summed E-state index contributed by atoms with van der Waals surface area (Å²) in [4.78, 5) is 35.2. The average Bonchev–Trinajstić information content (AvgIpc) is 2.51. The lowest BCUT2D eigenvalue weighted by Crippen LogP contribution is -2.34. The van der Waals surface area contributed by atoms with Gasteiger partial charge in [0.1, 0.15) is 0 Å². The van der Waals surface area contributed by atoms with Crippen LogP contribution in [0.2, 0.25) is 0 Å². The quantitative estimate of drug-likeness (QED) is 0.668. The third-order valence-electron chi connectivity index (χ3n) is 2.33. The topological polar surface area (TPSA) is 66.5 Å². The van der Waals surface area contributed by atoms with Crippen LogP contribution in [0.25, 0.3) is 0 Å². The number of amides is 3. The van der Waals surface area contributed by atoms with Gasteiger partial charge in [0, 0.05) is 26.4 Å². The van der Waals surface area contributed by atoms with Crippen molar-refractivity contribution in [3.05, 3.63) is 0 Å². The lowest BCUT2D eigenvalue weighted by atomic mass is 10.3. The van der Waals surface area contributed by atoms with Crippen LogP contribution in [-0.2, 0) is 14.4 Å². The molecule has 1 rings (SSSR count). The second-order valence-corrected chi connectivity index (χ2v) is 4.28. The number of thioether (sulfide) groups is 1. The molecule has 1 heterocycles. The summed E-state index contributed by atoms with van der Waals surface area (Å²) in [7, 11) is 1.53. The molecule has 0 aromatic carbocycles. The van der Waals surface area contributed by atoms with E-state index in [9.17, 15) is 14.4 Å². The Bertz CT molecular complexity index is 293. The number of imide groups is 1. The standard InChI is InChI=1S/C9H14N2O3S/c1-10-7(12)3-4-11-8(13)5-6(15-2)9(11)14/h6H,3-5H2,1-2H3,(H,10,12). The van der Waals surface area contributed by atoms with E-state index in [1.807, 2.05) is 0 Å². The highest BCUT2D eigenvalue weighted by Gasteiger charge is 2.37. The molecule has 1 N–H and O–H groups in total. The Morgan fingerprint density at radius 3 is 2.73 bits per heavy atom. The number of nitrogens with one attached hydrogen (secondary N) is 1. The van der Waals surface area contributed by atoms with Gasteiger partial charge in [0.2, 0.25) is 17.7 Å². The van der Waals surface area contributed by atoms with Crippen molar-refractivity contribution in [2.75, 3.05) is 19.8 Å². The number of carbonyl (C=O) groups is 3. The van der Waals surface area contributed by atoms with E-state index in [1.54, 1.807) is 6.26 Å². The largest absolute Gasteiger partial charge is 0.359 e. The number of nitrogens with zero attached hydrogens (tertiary/aromatic N) is 1. The van der Waals surface area contributed by atoms with Crippen molar-refractivity contribution < 1.29 is 14.4 Å². The number of likely N-dealkylation sites (tertiary alicyclic amines) is 1. The first-order chi connectivity index (χ1) is 7.10. The molecule has 0 radical (unpaired) electrons. The van der Waals surface area contributed by atoms with Gasteiger partial charge in [-0.15, -0.1) is 0 Å². The molecule has 84 valence electrons. The fourth-order valence-electron chi connectivity index (χ4n) is 1.41. The van der Waals surface area contributed by atoms with Crippen molar-refractivity contribution in [3.63, 3.8) is 0 Å². The van der Waals surface area contributed by atoms with Gasteiger partial charge in [-0.25, -0.2) is 0 Å². The van der Waals surface area contributed by atoms with Crippen LogP contribution in [0.1, 0.15) is 12.8 Å². The van der Waals surface area contributed by atoms with Gasteiger partial charge in [0.05, 0.1) is 5.25 Å². The molecule has 1 saturated heterocycles. The monoisotopic (exact) mass is 230 g/mol. The van der Waals surface area contributed by atoms with E-state index in [-0.39, 0.29) is 42.4 Å². The van der Waals surface area contributed by atoms with Gasteiger partial charge in [-0.1, -0.05) is 0 Å². The Morgan fingerprint density at radius 1 is 1.60 bits per heavy atom. The zero-order valence-corrected chi connectivity index (χ0v) is 9.60. The lowest BCUT2D eigenvalue weighted by molar-refractivity contribution is -0.138. The molecule has 1 unspecified atom stereocenters. The Labute approximate surface area is 92.6 Å². The molecule has 1 atom stereocenters. The maximum atomic E-state index is 11.6. The summed E-state index contributed by atoms with van der Waals surface area (Å²) in [6.45, 7) is 0.189. The number of hydrogen-bond acceptors (Lipinski definition) is 4. The van der Waals surface area contributed by atoms with Crippen LogP contribution < -0.4 is 5.32 Å². The zero-order chi connectivity index (χ0) is 11.4. The predicted octanol–water partition coefficient (Wildman–Crippen LogP) is -0.387. The van der Waals surface area contributed by atoms with Crippen LogP contribution in [0.15, 0.2) is 0 Å². The summed E-state index contributed by atoms with van der Waals surface area (Å²) >= 11 is 1.38. The Kier molecular flexibility index (Phi) is 4.14. The smallest absolute Gasteiger partial charge is 0.242 e. The molecule has 1 aliphatic rings. The van der Waals surface area contributed by atoms with Gasteiger partial charge >= 0.3 is 0 Å². The molecule has 5 nitrogen and oxygen atoms in total.